The van der Waals surface area contributed by atoms with Gasteiger partial charge in [0.25, 0.3) is 5.56 Å². The summed E-state index contributed by atoms with van der Waals surface area (Å²) in [6.45, 7) is 0.400. The summed E-state index contributed by atoms with van der Waals surface area (Å²) in [5.74, 6) is 0. The standard InChI is InChI=1S/C9H12Br2N2O3/c1-12-8(15)7(11)6(5-10)13(9(12)16)3-2-4-14/h14H,2-5H2,1H3. The van der Waals surface area contributed by atoms with Crippen LogP contribution in [0.4, 0.5) is 0 Å². The molecular formula is C9H12Br2N2O3. The van der Waals surface area contributed by atoms with E-state index in [2.05, 4.69) is 31.9 Å². The van der Waals surface area contributed by atoms with Crippen LogP contribution >= 0.6 is 31.9 Å². The first-order chi connectivity index (χ1) is 7.54. The molecule has 1 rings (SSSR count). The Morgan fingerprint density at radius 2 is 2.00 bits per heavy atom. The molecule has 0 amide bonds. The lowest BCUT2D eigenvalue weighted by Crippen LogP contribution is -2.40. The number of halogens is 2. The van der Waals surface area contributed by atoms with Crippen LogP contribution in [0.3, 0.4) is 0 Å². The molecule has 0 unspecified atom stereocenters. The van der Waals surface area contributed by atoms with Gasteiger partial charge in [0.1, 0.15) is 4.47 Å². The lowest BCUT2D eigenvalue weighted by Gasteiger charge is -2.13. The molecule has 5 nitrogen and oxygen atoms in total. The van der Waals surface area contributed by atoms with Crippen LogP contribution in [0, 0.1) is 0 Å². The predicted molar refractivity (Wildman–Crippen MR) is 68.0 cm³/mol. The number of aliphatic hydroxyl groups excluding tert-OH is 1. The molecule has 0 fully saturated rings. The van der Waals surface area contributed by atoms with Crippen molar-refractivity contribution >= 4 is 31.9 Å². The van der Waals surface area contributed by atoms with Crippen molar-refractivity contribution in [2.24, 2.45) is 7.05 Å². The Kier molecular flexibility index (Phi) is 4.94. The normalized spacial score (nSPS) is 10.8. The van der Waals surface area contributed by atoms with E-state index in [1.165, 1.54) is 11.6 Å². The van der Waals surface area contributed by atoms with Crippen LogP contribution in [-0.4, -0.2) is 20.8 Å². The zero-order valence-corrected chi connectivity index (χ0v) is 11.9. The molecule has 0 radical (unpaired) electrons. The minimum absolute atomic E-state index is 0.00856. The smallest absolute Gasteiger partial charge is 0.331 e. The maximum atomic E-state index is 11.8. The first-order valence-corrected chi connectivity index (χ1v) is 6.61. The van der Waals surface area contributed by atoms with Gasteiger partial charge in [0.15, 0.2) is 0 Å². The second kappa shape index (κ2) is 5.79. The Morgan fingerprint density at radius 3 is 2.50 bits per heavy atom. The van der Waals surface area contributed by atoms with Gasteiger partial charge in [-0.1, -0.05) is 15.9 Å². The fraction of sp³-hybridized carbons (Fsp3) is 0.556. The Morgan fingerprint density at radius 1 is 1.38 bits per heavy atom. The number of aliphatic hydroxyl groups is 1. The van der Waals surface area contributed by atoms with Crippen molar-refractivity contribution in [3.05, 3.63) is 31.0 Å². The summed E-state index contributed by atoms with van der Waals surface area (Å²) >= 11 is 6.43. The predicted octanol–water partition coefficient (Wildman–Crippen LogP) is 0.587. The van der Waals surface area contributed by atoms with E-state index < -0.39 is 0 Å². The highest BCUT2D eigenvalue weighted by Gasteiger charge is 2.13. The fourth-order valence-corrected chi connectivity index (χ4v) is 2.94. The summed E-state index contributed by atoms with van der Waals surface area (Å²) in [7, 11) is 1.43. The topological polar surface area (TPSA) is 64.2 Å². The van der Waals surface area contributed by atoms with Crippen molar-refractivity contribution in [3.8, 4) is 0 Å². The second-order valence-corrected chi connectivity index (χ2v) is 4.62. The van der Waals surface area contributed by atoms with Gasteiger partial charge in [0.05, 0.1) is 5.69 Å². The van der Waals surface area contributed by atoms with Crippen LogP contribution in [0.2, 0.25) is 0 Å². The highest BCUT2D eigenvalue weighted by atomic mass is 79.9. The van der Waals surface area contributed by atoms with Gasteiger partial charge in [-0.2, -0.15) is 0 Å². The summed E-state index contributed by atoms with van der Waals surface area (Å²) in [4.78, 5) is 23.5. The quantitative estimate of drug-likeness (QED) is 0.804. The lowest BCUT2D eigenvalue weighted by molar-refractivity contribution is 0.277. The molecule has 0 aliphatic heterocycles. The van der Waals surface area contributed by atoms with Crippen molar-refractivity contribution in [2.45, 2.75) is 18.3 Å². The van der Waals surface area contributed by atoms with E-state index in [1.54, 1.807) is 0 Å². The number of aromatic nitrogens is 2. The molecule has 0 spiro atoms. The molecule has 90 valence electrons. The van der Waals surface area contributed by atoms with E-state index in [0.717, 1.165) is 4.57 Å². The van der Waals surface area contributed by atoms with Crippen LogP contribution in [0.25, 0.3) is 0 Å². The number of rotatable bonds is 4. The number of nitrogens with zero attached hydrogens (tertiary/aromatic N) is 2. The summed E-state index contributed by atoms with van der Waals surface area (Å²) in [5, 5.41) is 9.17. The van der Waals surface area contributed by atoms with Crippen LogP contribution in [0.1, 0.15) is 12.1 Å². The molecule has 0 aliphatic carbocycles. The maximum Gasteiger partial charge on any atom is 0.331 e. The number of hydrogen-bond donors (Lipinski definition) is 1. The first kappa shape index (κ1) is 13.7. The van der Waals surface area contributed by atoms with Gasteiger partial charge in [0, 0.05) is 25.5 Å². The third-order valence-corrected chi connectivity index (χ3v) is 3.58. The van der Waals surface area contributed by atoms with E-state index in [-0.39, 0.29) is 17.9 Å². The first-order valence-electron chi connectivity index (χ1n) is 4.69. The summed E-state index contributed by atoms with van der Waals surface area (Å²) in [6.07, 6.45) is 0.477. The van der Waals surface area contributed by atoms with E-state index in [1.807, 2.05) is 0 Å². The minimum atomic E-state index is -0.365. The molecule has 0 aromatic carbocycles. The van der Waals surface area contributed by atoms with Crippen molar-refractivity contribution in [3.63, 3.8) is 0 Å². The maximum absolute atomic E-state index is 11.8. The molecule has 1 aromatic rings. The third kappa shape index (κ3) is 2.46. The van der Waals surface area contributed by atoms with Gasteiger partial charge >= 0.3 is 5.69 Å². The third-order valence-electron chi connectivity index (χ3n) is 2.26. The molecular weight excluding hydrogens is 344 g/mol. The molecule has 1 N–H and O–H groups in total. The van der Waals surface area contributed by atoms with Gasteiger partial charge in [-0.05, 0) is 22.4 Å². The van der Waals surface area contributed by atoms with Crippen molar-refractivity contribution in [1.82, 2.24) is 9.13 Å². The molecule has 1 aromatic heterocycles. The van der Waals surface area contributed by atoms with Gasteiger partial charge < -0.3 is 5.11 Å². The lowest BCUT2D eigenvalue weighted by atomic mass is 10.3. The molecule has 0 bridgehead atoms. The Bertz CT molecular complexity index is 493. The second-order valence-electron chi connectivity index (χ2n) is 3.27. The summed E-state index contributed by atoms with van der Waals surface area (Å²) < 4.78 is 2.91. The summed E-state index contributed by atoms with van der Waals surface area (Å²) in [5.41, 5.74) is -0.114. The molecule has 0 aliphatic rings. The highest BCUT2D eigenvalue weighted by Crippen LogP contribution is 2.13. The van der Waals surface area contributed by atoms with Crippen LogP contribution in [-0.2, 0) is 18.9 Å². The molecule has 0 saturated heterocycles. The Labute approximate surface area is 109 Å². The SMILES string of the molecule is Cn1c(=O)c(Br)c(CBr)n(CCCO)c1=O. The van der Waals surface area contributed by atoms with Crippen LogP contribution in [0.5, 0.6) is 0 Å². The minimum Gasteiger partial charge on any atom is -0.396 e. The zero-order valence-electron chi connectivity index (χ0n) is 8.74. The summed E-state index contributed by atoms with van der Waals surface area (Å²) in [6, 6.07) is 0. The molecule has 7 heteroatoms. The zero-order chi connectivity index (χ0) is 12.3. The van der Waals surface area contributed by atoms with E-state index >= 15 is 0 Å². The fourth-order valence-electron chi connectivity index (χ4n) is 1.36. The van der Waals surface area contributed by atoms with Crippen molar-refractivity contribution in [2.75, 3.05) is 6.61 Å². The van der Waals surface area contributed by atoms with E-state index in [4.69, 9.17) is 5.11 Å². The van der Waals surface area contributed by atoms with E-state index in [9.17, 15) is 9.59 Å². The monoisotopic (exact) mass is 354 g/mol. The Hall–Kier alpha value is -0.400. The Balaban J connectivity index is 3.45. The van der Waals surface area contributed by atoms with Gasteiger partial charge in [-0.3, -0.25) is 13.9 Å². The number of hydrogen-bond acceptors (Lipinski definition) is 3. The van der Waals surface area contributed by atoms with Gasteiger partial charge in [-0.25, -0.2) is 4.79 Å². The van der Waals surface area contributed by atoms with Gasteiger partial charge in [-0.15, -0.1) is 0 Å². The average molecular weight is 356 g/mol. The molecule has 1 heterocycles. The molecule has 0 atom stereocenters. The van der Waals surface area contributed by atoms with Gasteiger partial charge in [0.2, 0.25) is 0 Å². The molecule has 16 heavy (non-hydrogen) atoms. The largest absolute Gasteiger partial charge is 0.396 e. The number of alkyl halides is 1. The van der Waals surface area contributed by atoms with Crippen molar-refractivity contribution in [1.29, 1.82) is 0 Å². The molecule has 0 saturated carbocycles. The van der Waals surface area contributed by atoms with Crippen molar-refractivity contribution < 1.29 is 5.11 Å². The average Bonchev–Trinajstić information content (AvgIpc) is 2.29. The van der Waals surface area contributed by atoms with Crippen LogP contribution in [0.15, 0.2) is 14.1 Å². The van der Waals surface area contributed by atoms with E-state index in [0.29, 0.717) is 28.5 Å². The van der Waals surface area contributed by atoms with Crippen LogP contribution < -0.4 is 11.2 Å². The highest BCUT2D eigenvalue weighted by molar-refractivity contribution is 9.10.